The summed E-state index contributed by atoms with van der Waals surface area (Å²) in [6, 6.07) is 11.9. The Bertz CT molecular complexity index is 547. The van der Waals surface area contributed by atoms with E-state index < -0.39 is 0 Å². The molecule has 2 aromatic rings. The maximum atomic E-state index is 11.6. The molecule has 1 aromatic carbocycles. The van der Waals surface area contributed by atoms with E-state index in [2.05, 4.69) is 10.3 Å². The number of nitrogens with zero attached hydrogens (tertiary/aromatic N) is 1. The summed E-state index contributed by atoms with van der Waals surface area (Å²) in [4.78, 5) is 15.6. The highest BCUT2D eigenvalue weighted by atomic mass is 35.5. The fraction of sp³-hybridized carbons (Fsp3) is 0.250. The van der Waals surface area contributed by atoms with Gasteiger partial charge in [-0.15, -0.1) is 24.8 Å². The summed E-state index contributed by atoms with van der Waals surface area (Å²) in [5, 5.41) is 2.86. The molecule has 22 heavy (non-hydrogen) atoms. The van der Waals surface area contributed by atoms with Crippen molar-refractivity contribution < 1.29 is 4.79 Å². The van der Waals surface area contributed by atoms with E-state index in [0.29, 0.717) is 19.4 Å². The predicted molar refractivity (Wildman–Crippen MR) is 94.9 cm³/mol. The van der Waals surface area contributed by atoms with Crippen LogP contribution in [0.3, 0.4) is 0 Å². The molecule has 0 bridgehead atoms. The quantitative estimate of drug-likeness (QED) is 0.847. The number of carbonyl (C=O) groups is 1. The van der Waals surface area contributed by atoms with Gasteiger partial charge in [-0.25, -0.2) is 0 Å². The third kappa shape index (κ3) is 6.89. The molecule has 0 saturated heterocycles. The summed E-state index contributed by atoms with van der Waals surface area (Å²) in [6.45, 7) is 0.540. The number of carbonyl (C=O) groups excluding carboxylic acids is 1. The minimum atomic E-state index is 0. The largest absolute Gasteiger partial charge is 0.330 e. The van der Waals surface area contributed by atoms with E-state index >= 15 is 0 Å². The zero-order chi connectivity index (χ0) is 14.2. The molecule has 1 amide bonds. The molecular weight excluding hydrogens is 321 g/mol. The van der Waals surface area contributed by atoms with Crippen LogP contribution in [0.15, 0.2) is 48.8 Å². The van der Waals surface area contributed by atoms with Crippen LogP contribution in [-0.2, 0) is 11.2 Å². The van der Waals surface area contributed by atoms with Gasteiger partial charge < -0.3 is 11.1 Å². The molecule has 0 radical (unpaired) electrons. The number of hydrogen-bond acceptors (Lipinski definition) is 3. The minimum Gasteiger partial charge on any atom is -0.330 e. The van der Waals surface area contributed by atoms with E-state index in [1.54, 1.807) is 12.4 Å². The van der Waals surface area contributed by atoms with Crippen molar-refractivity contribution >= 4 is 36.4 Å². The molecule has 6 heteroatoms. The van der Waals surface area contributed by atoms with Crippen molar-refractivity contribution in [2.75, 3.05) is 11.9 Å². The van der Waals surface area contributed by atoms with Crippen LogP contribution in [0.4, 0.5) is 5.69 Å². The van der Waals surface area contributed by atoms with Crippen LogP contribution in [0.2, 0.25) is 0 Å². The molecular formula is C16H21Cl2N3O. The van der Waals surface area contributed by atoms with E-state index in [-0.39, 0.29) is 30.7 Å². The maximum Gasteiger partial charge on any atom is 0.224 e. The van der Waals surface area contributed by atoms with Crippen LogP contribution < -0.4 is 11.1 Å². The van der Waals surface area contributed by atoms with Crippen molar-refractivity contribution in [3.05, 3.63) is 59.9 Å². The summed E-state index contributed by atoms with van der Waals surface area (Å²) in [5.74, 6) is 0.0114. The van der Waals surface area contributed by atoms with Crippen LogP contribution in [0.25, 0.3) is 0 Å². The number of rotatable bonds is 6. The monoisotopic (exact) mass is 341 g/mol. The van der Waals surface area contributed by atoms with E-state index in [9.17, 15) is 4.79 Å². The lowest BCUT2D eigenvalue weighted by Gasteiger charge is -2.06. The number of pyridine rings is 1. The fourth-order valence-electron chi connectivity index (χ4n) is 1.93. The average molecular weight is 342 g/mol. The zero-order valence-corrected chi connectivity index (χ0v) is 13.8. The van der Waals surface area contributed by atoms with Gasteiger partial charge in [0.05, 0.1) is 0 Å². The van der Waals surface area contributed by atoms with Crippen molar-refractivity contribution in [3.8, 4) is 0 Å². The first-order valence-corrected chi connectivity index (χ1v) is 6.75. The van der Waals surface area contributed by atoms with E-state index in [0.717, 1.165) is 12.1 Å². The summed E-state index contributed by atoms with van der Waals surface area (Å²) in [5.41, 5.74) is 8.63. The smallest absolute Gasteiger partial charge is 0.224 e. The Labute approximate surface area is 143 Å². The second-order valence-corrected chi connectivity index (χ2v) is 4.67. The van der Waals surface area contributed by atoms with Crippen LogP contribution in [-0.4, -0.2) is 17.4 Å². The highest BCUT2D eigenvalue weighted by Crippen LogP contribution is 2.13. The first kappa shape index (κ1) is 20.4. The van der Waals surface area contributed by atoms with Crippen LogP contribution in [0.5, 0.6) is 0 Å². The standard InChI is InChI=1S/C16H19N3O.2ClH/c17-9-1-2-16(20)19-15-5-3-13(4-6-15)12-14-7-10-18-11-8-14;;/h3-8,10-11H,1-2,9,12,17H2,(H,19,20);2*1H. The molecule has 0 saturated carbocycles. The molecule has 3 N–H and O–H groups in total. The van der Waals surface area contributed by atoms with Gasteiger partial charge in [-0.1, -0.05) is 12.1 Å². The van der Waals surface area contributed by atoms with E-state index in [4.69, 9.17) is 5.73 Å². The molecule has 0 fully saturated rings. The Morgan fingerprint density at radius 2 is 1.59 bits per heavy atom. The fourth-order valence-corrected chi connectivity index (χ4v) is 1.93. The van der Waals surface area contributed by atoms with Crippen LogP contribution >= 0.6 is 24.8 Å². The van der Waals surface area contributed by atoms with Gasteiger partial charge in [0.2, 0.25) is 5.91 Å². The van der Waals surface area contributed by atoms with Gasteiger partial charge in [0, 0.05) is 24.5 Å². The molecule has 0 atom stereocenters. The number of nitrogens with two attached hydrogens (primary N) is 1. The normalized spacial score (nSPS) is 9.32. The van der Waals surface area contributed by atoms with Crippen molar-refractivity contribution in [3.63, 3.8) is 0 Å². The Balaban J connectivity index is 0.00000220. The van der Waals surface area contributed by atoms with Crippen LogP contribution in [0.1, 0.15) is 24.0 Å². The first-order chi connectivity index (χ1) is 9.78. The lowest BCUT2D eigenvalue weighted by atomic mass is 10.1. The average Bonchev–Trinajstić information content (AvgIpc) is 2.48. The Kier molecular flexibility index (Phi) is 10.2. The van der Waals surface area contributed by atoms with Crippen molar-refractivity contribution in [2.45, 2.75) is 19.3 Å². The van der Waals surface area contributed by atoms with E-state index in [1.165, 1.54) is 11.1 Å². The highest BCUT2D eigenvalue weighted by molar-refractivity contribution is 5.90. The third-order valence-electron chi connectivity index (χ3n) is 3.00. The highest BCUT2D eigenvalue weighted by Gasteiger charge is 2.02. The van der Waals surface area contributed by atoms with Gasteiger partial charge in [-0.05, 0) is 54.8 Å². The van der Waals surface area contributed by atoms with Gasteiger partial charge in [0.25, 0.3) is 0 Å². The Morgan fingerprint density at radius 1 is 1.00 bits per heavy atom. The number of nitrogens with one attached hydrogen (secondary N) is 1. The molecule has 0 spiro atoms. The number of hydrogen-bond donors (Lipinski definition) is 2. The number of aromatic nitrogens is 1. The molecule has 2 rings (SSSR count). The predicted octanol–water partition coefficient (Wildman–Crippen LogP) is 3.19. The summed E-state index contributed by atoms with van der Waals surface area (Å²) < 4.78 is 0. The van der Waals surface area contributed by atoms with Gasteiger partial charge in [-0.2, -0.15) is 0 Å². The molecule has 0 aliphatic heterocycles. The van der Waals surface area contributed by atoms with Crippen LogP contribution in [0, 0.1) is 0 Å². The lowest BCUT2D eigenvalue weighted by molar-refractivity contribution is -0.116. The number of benzene rings is 1. The zero-order valence-electron chi connectivity index (χ0n) is 12.2. The molecule has 0 unspecified atom stereocenters. The Morgan fingerprint density at radius 3 is 2.18 bits per heavy atom. The van der Waals surface area contributed by atoms with E-state index in [1.807, 2.05) is 36.4 Å². The second-order valence-electron chi connectivity index (χ2n) is 4.67. The van der Waals surface area contributed by atoms with Gasteiger partial charge in [-0.3, -0.25) is 9.78 Å². The summed E-state index contributed by atoms with van der Waals surface area (Å²) >= 11 is 0. The minimum absolute atomic E-state index is 0. The molecule has 1 aromatic heterocycles. The second kappa shape index (κ2) is 11.0. The molecule has 1 heterocycles. The SMILES string of the molecule is Cl.Cl.NCCCC(=O)Nc1ccc(Cc2ccncc2)cc1. The van der Waals surface area contributed by atoms with Gasteiger partial charge in [0.1, 0.15) is 0 Å². The topological polar surface area (TPSA) is 68.0 Å². The molecule has 120 valence electrons. The van der Waals surface area contributed by atoms with Gasteiger partial charge >= 0.3 is 0 Å². The Hall–Kier alpha value is -1.62. The summed E-state index contributed by atoms with van der Waals surface area (Å²) in [6.07, 6.45) is 5.63. The number of halogens is 2. The molecule has 0 aliphatic carbocycles. The molecule has 0 aliphatic rings. The van der Waals surface area contributed by atoms with Crippen molar-refractivity contribution in [2.24, 2.45) is 5.73 Å². The number of amides is 1. The van der Waals surface area contributed by atoms with Crippen molar-refractivity contribution in [1.82, 2.24) is 4.98 Å². The first-order valence-electron chi connectivity index (χ1n) is 6.75. The number of anilines is 1. The van der Waals surface area contributed by atoms with Gasteiger partial charge in [0.15, 0.2) is 0 Å². The maximum absolute atomic E-state index is 11.6. The summed E-state index contributed by atoms with van der Waals surface area (Å²) in [7, 11) is 0. The lowest BCUT2D eigenvalue weighted by Crippen LogP contribution is -2.13. The third-order valence-corrected chi connectivity index (χ3v) is 3.00. The molecule has 4 nitrogen and oxygen atoms in total. The van der Waals surface area contributed by atoms with Crippen molar-refractivity contribution in [1.29, 1.82) is 0 Å².